The predicted molar refractivity (Wildman–Crippen MR) is 135 cm³/mol. The molecule has 1 saturated heterocycles. The Balaban J connectivity index is 1.82. The first kappa shape index (κ1) is 25.1. The summed E-state index contributed by atoms with van der Waals surface area (Å²) in [5.74, 6) is 2.89. The van der Waals surface area contributed by atoms with E-state index in [2.05, 4.69) is 64.2 Å². The summed E-state index contributed by atoms with van der Waals surface area (Å²) in [5.41, 5.74) is 0.802. The Morgan fingerprint density at radius 1 is 0.970 bits per heavy atom. The number of nitriles is 3. The van der Waals surface area contributed by atoms with Gasteiger partial charge in [0, 0.05) is 12.5 Å². The van der Waals surface area contributed by atoms with Crippen molar-refractivity contribution < 1.29 is 9.16 Å². The molecular formula is C26H33N3O2SSi. The third-order valence-corrected chi connectivity index (χ3v) is 14.3. The van der Waals surface area contributed by atoms with Gasteiger partial charge in [0.05, 0.1) is 23.3 Å². The summed E-state index contributed by atoms with van der Waals surface area (Å²) < 4.78 is 12.3. The summed E-state index contributed by atoms with van der Waals surface area (Å²) >= 11 is 0. The fraction of sp³-hybridized carbons (Fsp3) is 0.500. The van der Waals surface area contributed by atoms with Crippen LogP contribution >= 0.6 is 10.9 Å². The Hall–Kier alpha value is -2.50. The van der Waals surface area contributed by atoms with E-state index in [1.54, 1.807) is 0 Å². The van der Waals surface area contributed by atoms with Crippen molar-refractivity contribution in [3.63, 3.8) is 0 Å². The number of hydrogen-bond donors (Lipinski definition) is 1. The monoisotopic (exact) mass is 479 g/mol. The highest BCUT2D eigenvalue weighted by Crippen LogP contribution is 2.44. The van der Waals surface area contributed by atoms with Gasteiger partial charge in [0.2, 0.25) is 0 Å². The van der Waals surface area contributed by atoms with Gasteiger partial charge in [-0.05, 0) is 78.1 Å². The maximum absolute atomic E-state index is 9.92. The highest BCUT2D eigenvalue weighted by atomic mass is 32.2. The van der Waals surface area contributed by atoms with Crippen LogP contribution in [0.5, 0.6) is 5.75 Å². The molecule has 1 heterocycles. The lowest BCUT2D eigenvalue weighted by Crippen LogP contribution is -2.41. The van der Waals surface area contributed by atoms with Crippen molar-refractivity contribution >= 4 is 19.2 Å². The Kier molecular flexibility index (Phi) is 7.75. The normalized spacial score (nSPS) is 19.9. The Morgan fingerprint density at radius 3 is 2.09 bits per heavy atom. The van der Waals surface area contributed by atoms with Crippen LogP contribution in [-0.4, -0.2) is 26.4 Å². The van der Waals surface area contributed by atoms with E-state index in [1.165, 1.54) is 29.2 Å². The van der Waals surface area contributed by atoms with Crippen molar-refractivity contribution in [1.29, 1.82) is 15.8 Å². The largest absolute Gasteiger partial charge is 0.455 e. The van der Waals surface area contributed by atoms with E-state index < -0.39 is 14.2 Å². The number of rotatable bonds is 7. The van der Waals surface area contributed by atoms with Crippen LogP contribution in [0.15, 0.2) is 51.6 Å². The smallest absolute Gasteiger partial charge is 0.191 e. The summed E-state index contributed by atoms with van der Waals surface area (Å²) in [7, 11) is -2.02. The van der Waals surface area contributed by atoms with Crippen molar-refractivity contribution in [2.75, 3.05) is 18.1 Å². The molecule has 1 aliphatic carbocycles. The van der Waals surface area contributed by atoms with Gasteiger partial charge < -0.3 is 9.16 Å². The SMILES string of the molecule is CC(C)(C)[Si](C)(C)OCCC1C(C#N)=C(C#N)C(Oc2ccc([SH]3CCCC3)cc2)=C1C#N. The second kappa shape index (κ2) is 10.2. The number of allylic oxidation sites excluding steroid dienone is 3. The quantitative estimate of drug-likeness (QED) is 0.362. The molecule has 1 aromatic carbocycles. The molecule has 1 aromatic rings. The standard InChI is InChI=1S/C26H33N3O2SSi/c1-26(2,3)33(4,5)30-13-12-21-22(16-27)24(18-29)25(23(21)17-28)31-19-8-10-20(11-9-19)32-14-6-7-15-32/h8-11,21,32H,6-7,12-15H2,1-5H3. The maximum Gasteiger partial charge on any atom is 0.191 e. The van der Waals surface area contributed by atoms with E-state index in [0.29, 0.717) is 29.9 Å². The minimum Gasteiger partial charge on any atom is -0.455 e. The third-order valence-electron chi connectivity index (χ3n) is 6.99. The lowest BCUT2D eigenvalue weighted by molar-refractivity contribution is 0.272. The van der Waals surface area contributed by atoms with Crippen LogP contribution in [0.2, 0.25) is 18.1 Å². The van der Waals surface area contributed by atoms with E-state index in [9.17, 15) is 15.8 Å². The number of nitrogens with zero attached hydrogens (tertiary/aromatic N) is 3. The molecule has 0 radical (unpaired) electrons. The molecule has 0 bridgehead atoms. The minimum atomic E-state index is -1.95. The van der Waals surface area contributed by atoms with Gasteiger partial charge in [0.1, 0.15) is 17.4 Å². The van der Waals surface area contributed by atoms with Crippen LogP contribution in [0, 0.1) is 39.9 Å². The van der Waals surface area contributed by atoms with E-state index in [0.717, 1.165) is 0 Å². The molecule has 0 N–H and O–H groups in total. The summed E-state index contributed by atoms with van der Waals surface area (Å²) in [5, 5.41) is 29.6. The molecular weight excluding hydrogens is 446 g/mol. The zero-order valence-electron chi connectivity index (χ0n) is 20.2. The van der Waals surface area contributed by atoms with Crippen LogP contribution in [0.25, 0.3) is 0 Å². The van der Waals surface area contributed by atoms with Gasteiger partial charge in [0.25, 0.3) is 0 Å². The van der Waals surface area contributed by atoms with E-state index in [-0.39, 0.29) is 27.3 Å². The van der Waals surface area contributed by atoms with Crippen molar-refractivity contribution in [3.8, 4) is 24.0 Å². The summed E-state index contributed by atoms with van der Waals surface area (Å²) in [6, 6.07) is 14.5. The lowest BCUT2D eigenvalue weighted by Gasteiger charge is -2.36. The summed E-state index contributed by atoms with van der Waals surface area (Å²) in [4.78, 5) is 1.37. The first-order valence-corrected chi connectivity index (χ1v) is 16.1. The number of ether oxygens (including phenoxy) is 1. The Labute approximate surface area is 201 Å². The highest BCUT2D eigenvalue weighted by Gasteiger charge is 2.39. The number of benzene rings is 1. The molecule has 1 fully saturated rings. The Morgan fingerprint density at radius 2 is 1.58 bits per heavy atom. The highest BCUT2D eigenvalue weighted by molar-refractivity contribution is 8.17. The molecule has 0 aromatic heterocycles. The molecule has 2 aliphatic rings. The van der Waals surface area contributed by atoms with Crippen LogP contribution in [0.4, 0.5) is 0 Å². The molecule has 3 rings (SSSR count). The van der Waals surface area contributed by atoms with Crippen LogP contribution in [0.1, 0.15) is 40.0 Å². The second-order valence-corrected chi connectivity index (χ2v) is 17.4. The molecule has 1 aliphatic heterocycles. The molecule has 1 atom stereocenters. The fourth-order valence-corrected chi connectivity index (χ4v) is 7.55. The molecule has 174 valence electrons. The van der Waals surface area contributed by atoms with Crippen LogP contribution in [0.3, 0.4) is 0 Å². The lowest BCUT2D eigenvalue weighted by atomic mass is 9.93. The first-order chi connectivity index (χ1) is 15.6. The van der Waals surface area contributed by atoms with Gasteiger partial charge in [-0.3, -0.25) is 0 Å². The molecule has 0 saturated carbocycles. The van der Waals surface area contributed by atoms with E-state index >= 15 is 0 Å². The molecule has 7 heteroatoms. The number of hydrogen-bond acceptors (Lipinski definition) is 5. The molecule has 5 nitrogen and oxygen atoms in total. The van der Waals surface area contributed by atoms with Gasteiger partial charge in [-0.25, -0.2) is 10.9 Å². The van der Waals surface area contributed by atoms with Crippen molar-refractivity contribution in [1.82, 2.24) is 0 Å². The first-order valence-electron chi connectivity index (χ1n) is 11.5. The van der Waals surface area contributed by atoms with Gasteiger partial charge >= 0.3 is 0 Å². The van der Waals surface area contributed by atoms with Crippen LogP contribution in [-0.2, 0) is 4.43 Å². The number of thiol groups is 1. The van der Waals surface area contributed by atoms with Gasteiger partial charge in [0.15, 0.2) is 14.1 Å². The molecule has 0 spiro atoms. The summed E-state index contributed by atoms with van der Waals surface area (Å²) in [6.07, 6.45) is 3.08. The van der Waals surface area contributed by atoms with Crippen molar-refractivity contribution in [3.05, 3.63) is 46.7 Å². The average Bonchev–Trinajstić information content (AvgIpc) is 3.39. The minimum absolute atomic E-state index is 0.0692. The van der Waals surface area contributed by atoms with Gasteiger partial charge in [-0.1, -0.05) is 20.8 Å². The fourth-order valence-electron chi connectivity index (χ4n) is 3.97. The average molecular weight is 480 g/mol. The van der Waals surface area contributed by atoms with Crippen molar-refractivity contribution in [2.24, 2.45) is 5.92 Å². The predicted octanol–water partition coefficient (Wildman–Crippen LogP) is 6.38. The van der Waals surface area contributed by atoms with Gasteiger partial charge in [-0.15, -0.1) is 0 Å². The molecule has 1 unspecified atom stereocenters. The molecule has 33 heavy (non-hydrogen) atoms. The van der Waals surface area contributed by atoms with Gasteiger partial charge in [-0.2, -0.15) is 15.8 Å². The van der Waals surface area contributed by atoms with E-state index in [4.69, 9.17) is 9.16 Å². The maximum atomic E-state index is 9.92. The summed E-state index contributed by atoms with van der Waals surface area (Å²) in [6.45, 7) is 11.3. The zero-order chi connectivity index (χ0) is 24.2. The second-order valence-electron chi connectivity index (χ2n) is 10.1. The topological polar surface area (TPSA) is 89.8 Å². The molecule has 0 amide bonds. The van der Waals surface area contributed by atoms with Crippen LogP contribution < -0.4 is 4.74 Å². The zero-order valence-corrected chi connectivity index (χ0v) is 22.1. The third kappa shape index (κ3) is 5.36. The van der Waals surface area contributed by atoms with E-state index in [1.807, 2.05) is 12.1 Å². The Bertz CT molecular complexity index is 1070. The van der Waals surface area contributed by atoms with Crippen molar-refractivity contribution in [2.45, 2.75) is 63.1 Å².